The zero-order valence-electron chi connectivity index (χ0n) is 14.0. The smallest absolute Gasteiger partial charge is 0.241 e. The van der Waals surface area contributed by atoms with Crippen LogP contribution < -0.4 is 9.62 Å². The maximum atomic E-state index is 12.8. The lowest BCUT2D eigenvalue weighted by atomic mass is 10.1. The van der Waals surface area contributed by atoms with E-state index < -0.39 is 22.2 Å². The Morgan fingerprint density at radius 2 is 1.88 bits per heavy atom. The minimum Gasteiger partial charge on any atom is -0.391 e. The van der Waals surface area contributed by atoms with Crippen LogP contribution in [-0.2, 0) is 16.4 Å². The van der Waals surface area contributed by atoms with Crippen LogP contribution in [0.25, 0.3) is 0 Å². The molecule has 0 radical (unpaired) electrons. The molecule has 2 N–H and O–H groups in total. The molecule has 1 aliphatic rings. The summed E-state index contributed by atoms with van der Waals surface area (Å²) >= 11 is 0. The number of hydrogen-bond donors (Lipinski definition) is 2. The van der Waals surface area contributed by atoms with Crippen LogP contribution in [0.5, 0.6) is 0 Å². The Morgan fingerprint density at radius 3 is 2.58 bits per heavy atom. The third-order valence-electron chi connectivity index (χ3n) is 4.46. The van der Waals surface area contributed by atoms with Gasteiger partial charge < -0.3 is 10.0 Å². The van der Waals surface area contributed by atoms with Gasteiger partial charge in [-0.25, -0.2) is 13.1 Å². The molecule has 5 nitrogen and oxygen atoms in total. The van der Waals surface area contributed by atoms with E-state index in [-0.39, 0.29) is 4.90 Å². The number of rotatable bonds is 4. The fourth-order valence-corrected chi connectivity index (χ4v) is 4.46. The molecule has 0 unspecified atom stereocenters. The highest BCUT2D eigenvalue weighted by atomic mass is 32.2. The molecule has 0 saturated heterocycles. The molecule has 128 valence electrons. The second-order valence-corrected chi connectivity index (χ2v) is 8.13. The summed E-state index contributed by atoms with van der Waals surface area (Å²) in [4.78, 5) is 2.09. The topological polar surface area (TPSA) is 69.6 Å². The number of aryl methyl sites for hydroxylation is 1. The third-order valence-corrected chi connectivity index (χ3v) is 5.90. The second kappa shape index (κ2) is 6.20. The van der Waals surface area contributed by atoms with Gasteiger partial charge in [-0.1, -0.05) is 30.3 Å². The number of anilines is 1. The van der Waals surface area contributed by atoms with Crippen LogP contribution in [0.2, 0.25) is 0 Å². The first-order valence-corrected chi connectivity index (χ1v) is 9.34. The van der Waals surface area contributed by atoms with Gasteiger partial charge in [0, 0.05) is 26.2 Å². The SMILES string of the molecule is Cc1ccc(S(=O)(=O)N[C@H]2c3ccccc3C[C@H]2O)cc1N(C)C. The summed E-state index contributed by atoms with van der Waals surface area (Å²) in [5.41, 5.74) is 3.68. The molecule has 0 aliphatic heterocycles. The number of fused-ring (bicyclic) bond motifs is 1. The van der Waals surface area contributed by atoms with Gasteiger partial charge in [-0.3, -0.25) is 0 Å². The maximum absolute atomic E-state index is 12.8. The molecule has 1 aliphatic carbocycles. The van der Waals surface area contributed by atoms with E-state index in [4.69, 9.17) is 0 Å². The molecule has 0 aromatic heterocycles. The first-order valence-electron chi connectivity index (χ1n) is 7.86. The van der Waals surface area contributed by atoms with E-state index >= 15 is 0 Å². The van der Waals surface area contributed by atoms with Gasteiger partial charge in [0.2, 0.25) is 10.0 Å². The van der Waals surface area contributed by atoms with Crippen molar-refractivity contribution in [1.29, 1.82) is 0 Å². The number of hydrogen-bond acceptors (Lipinski definition) is 4. The minimum atomic E-state index is -3.73. The summed E-state index contributed by atoms with van der Waals surface area (Å²) in [5.74, 6) is 0. The number of aliphatic hydroxyl groups is 1. The number of nitrogens with zero attached hydrogens (tertiary/aromatic N) is 1. The molecular formula is C18H22N2O3S. The van der Waals surface area contributed by atoms with Crippen LogP contribution >= 0.6 is 0 Å². The number of aliphatic hydroxyl groups excluding tert-OH is 1. The van der Waals surface area contributed by atoms with E-state index in [1.54, 1.807) is 18.2 Å². The zero-order valence-corrected chi connectivity index (χ0v) is 14.8. The summed E-state index contributed by atoms with van der Waals surface area (Å²) in [6.45, 7) is 1.94. The number of nitrogens with one attached hydrogen (secondary N) is 1. The van der Waals surface area contributed by atoms with Gasteiger partial charge >= 0.3 is 0 Å². The Kier molecular flexibility index (Phi) is 4.38. The molecule has 0 fully saturated rings. The monoisotopic (exact) mass is 346 g/mol. The van der Waals surface area contributed by atoms with Crippen molar-refractivity contribution in [3.05, 3.63) is 59.2 Å². The summed E-state index contributed by atoms with van der Waals surface area (Å²) < 4.78 is 28.2. The van der Waals surface area contributed by atoms with Gasteiger partial charge in [-0.05, 0) is 35.7 Å². The number of benzene rings is 2. The lowest BCUT2D eigenvalue weighted by Crippen LogP contribution is -2.34. The Morgan fingerprint density at radius 1 is 1.17 bits per heavy atom. The quantitative estimate of drug-likeness (QED) is 0.888. The van der Waals surface area contributed by atoms with Crippen molar-refractivity contribution in [2.75, 3.05) is 19.0 Å². The maximum Gasteiger partial charge on any atom is 0.241 e. The summed E-state index contributed by atoms with van der Waals surface area (Å²) in [7, 11) is 0.0274. The molecule has 2 aromatic rings. The van der Waals surface area contributed by atoms with Crippen LogP contribution in [0.1, 0.15) is 22.7 Å². The second-order valence-electron chi connectivity index (χ2n) is 6.41. The molecule has 0 spiro atoms. The molecule has 2 atom stereocenters. The summed E-state index contributed by atoms with van der Waals surface area (Å²) in [5, 5.41) is 10.3. The first kappa shape index (κ1) is 17.0. The average molecular weight is 346 g/mol. The first-order chi connectivity index (χ1) is 11.3. The molecule has 24 heavy (non-hydrogen) atoms. The van der Waals surface area contributed by atoms with Crippen LogP contribution in [0.4, 0.5) is 5.69 Å². The van der Waals surface area contributed by atoms with Crippen LogP contribution in [0.3, 0.4) is 0 Å². The molecule has 0 amide bonds. The highest BCUT2D eigenvalue weighted by molar-refractivity contribution is 7.89. The highest BCUT2D eigenvalue weighted by Crippen LogP contribution is 2.33. The van der Waals surface area contributed by atoms with Crippen LogP contribution in [0, 0.1) is 6.92 Å². The van der Waals surface area contributed by atoms with Gasteiger partial charge in [0.25, 0.3) is 0 Å². The van der Waals surface area contributed by atoms with Crippen LogP contribution in [0.15, 0.2) is 47.4 Å². The Hall–Kier alpha value is -1.89. The Balaban J connectivity index is 1.94. The van der Waals surface area contributed by atoms with E-state index in [9.17, 15) is 13.5 Å². The van der Waals surface area contributed by atoms with Crippen molar-refractivity contribution in [2.45, 2.75) is 30.4 Å². The molecule has 0 heterocycles. The molecule has 0 bridgehead atoms. The van der Waals surface area contributed by atoms with Gasteiger partial charge in [-0.2, -0.15) is 0 Å². The van der Waals surface area contributed by atoms with Gasteiger partial charge in [0.05, 0.1) is 17.0 Å². The minimum absolute atomic E-state index is 0.202. The van der Waals surface area contributed by atoms with E-state index in [0.717, 1.165) is 22.4 Å². The van der Waals surface area contributed by atoms with Crippen molar-refractivity contribution < 1.29 is 13.5 Å². The zero-order chi connectivity index (χ0) is 17.5. The summed E-state index contributed by atoms with van der Waals surface area (Å²) in [6.07, 6.45) is -0.295. The molecule has 0 saturated carbocycles. The molecule has 2 aromatic carbocycles. The number of sulfonamides is 1. The van der Waals surface area contributed by atoms with Gasteiger partial charge in [0.1, 0.15) is 0 Å². The third kappa shape index (κ3) is 3.05. The predicted molar refractivity (Wildman–Crippen MR) is 94.7 cm³/mol. The van der Waals surface area contributed by atoms with E-state index in [1.165, 1.54) is 0 Å². The Labute approximate surface area is 143 Å². The van der Waals surface area contributed by atoms with E-state index in [2.05, 4.69) is 4.72 Å². The predicted octanol–water partition coefficient (Wildman–Crippen LogP) is 2.00. The fourth-order valence-electron chi connectivity index (χ4n) is 3.19. The lowest BCUT2D eigenvalue weighted by molar-refractivity contribution is 0.151. The van der Waals surface area contributed by atoms with Crippen molar-refractivity contribution >= 4 is 15.7 Å². The molecule has 3 rings (SSSR count). The van der Waals surface area contributed by atoms with Gasteiger partial charge in [0.15, 0.2) is 0 Å². The van der Waals surface area contributed by atoms with Crippen LogP contribution in [-0.4, -0.2) is 33.7 Å². The molecule has 6 heteroatoms. The fraction of sp³-hybridized carbons (Fsp3) is 0.333. The van der Waals surface area contributed by atoms with Crippen molar-refractivity contribution in [3.8, 4) is 0 Å². The van der Waals surface area contributed by atoms with Crippen molar-refractivity contribution in [3.63, 3.8) is 0 Å². The standard InChI is InChI=1S/C18H22N2O3S/c1-12-8-9-14(11-16(12)20(2)3)24(22,23)19-18-15-7-5-4-6-13(15)10-17(18)21/h4-9,11,17-19,21H,10H2,1-3H3/t17-,18+/m1/s1. The van der Waals surface area contributed by atoms with Gasteiger partial charge in [-0.15, -0.1) is 0 Å². The molecular weight excluding hydrogens is 324 g/mol. The average Bonchev–Trinajstić information content (AvgIpc) is 2.83. The normalized spacial score (nSPS) is 20.0. The highest BCUT2D eigenvalue weighted by Gasteiger charge is 2.34. The van der Waals surface area contributed by atoms with Crippen molar-refractivity contribution in [2.24, 2.45) is 0 Å². The van der Waals surface area contributed by atoms with Crippen molar-refractivity contribution in [1.82, 2.24) is 4.72 Å². The lowest BCUT2D eigenvalue weighted by Gasteiger charge is -2.20. The summed E-state index contributed by atoms with van der Waals surface area (Å²) in [6, 6.07) is 12.0. The largest absolute Gasteiger partial charge is 0.391 e. The Bertz CT molecular complexity index is 862. The van der Waals surface area contributed by atoms with E-state index in [0.29, 0.717) is 6.42 Å². The van der Waals surface area contributed by atoms with E-state index in [1.807, 2.05) is 50.2 Å².